The third-order valence-electron chi connectivity index (χ3n) is 4.41. The summed E-state index contributed by atoms with van der Waals surface area (Å²) in [5.74, 6) is 0.622. The molecule has 1 aromatic carbocycles. The molecule has 29 heavy (non-hydrogen) atoms. The average Bonchev–Trinajstić information content (AvgIpc) is 2.63. The molecule has 1 atom stereocenters. The molecule has 0 spiro atoms. The molecule has 0 amide bonds. The molecule has 1 aliphatic heterocycles. The summed E-state index contributed by atoms with van der Waals surface area (Å²) < 4.78 is 45.8. The van der Waals surface area contributed by atoms with Crippen LogP contribution < -0.4 is 15.8 Å². The largest absolute Gasteiger partial charge is 0.573 e. The minimum Gasteiger partial charge on any atom is -0.406 e. The number of rotatable bonds is 8. The number of hydrogen-bond acceptors (Lipinski definition) is 4. The maximum absolute atomic E-state index is 12.2. The first-order valence-electron chi connectivity index (χ1n) is 9.43. The normalized spacial score (nSPS) is 17.0. The SMILES string of the molecule is CC(C)CC(CNC(N)=NCc1ccc(OC(F)(F)F)cc1)N1CCOCC1.I. The van der Waals surface area contributed by atoms with Crippen LogP contribution in [0.3, 0.4) is 0 Å². The first-order chi connectivity index (χ1) is 13.2. The zero-order valence-electron chi connectivity index (χ0n) is 16.7. The second-order valence-corrected chi connectivity index (χ2v) is 7.21. The highest BCUT2D eigenvalue weighted by molar-refractivity contribution is 14.0. The predicted molar refractivity (Wildman–Crippen MR) is 118 cm³/mol. The molecule has 1 saturated heterocycles. The molecule has 0 aromatic heterocycles. The molecular formula is C19H30F3IN4O2. The molecule has 3 N–H and O–H groups in total. The maximum Gasteiger partial charge on any atom is 0.573 e. The first kappa shape index (κ1) is 25.8. The second kappa shape index (κ2) is 12.4. The van der Waals surface area contributed by atoms with Crippen molar-refractivity contribution < 1.29 is 22.6 Å². The van der Waals surface area contributed by atoms with E-state index in [0.29, 0.717) is 24.5 Å². The Kier molecular flexibility index (Phi) is 11.0. The lowest BCUT2D eigenvalue weighted by molar-refractivity contribution is -0.274. The quantitative estimate of drug-likeness (QED) is 0.307. The Balaban J connectivity index is 0.00000420. The van der Waals surface area contributed by atoms with Crippen molar-refractivity contribution in [1.29, 1.82) is 0 Å². The molecule has 0 bridgehead atoms. The molecule has 166 valence electrons. The molecule has 2 rings (SSSR count). The molecule has 1 fully saturated rings. The van der Waals surface area contributed by atoms with Gasteiger partial charge < -0.3 is 20.5 Å². The fourth-order valence-corrected chi connectivity index (χ4v) is 3.10. The number of nitrogens with one attached hydrogen (secondary N) is 1. The minimum absolute atomic E-state index is 0. The van der Waals surface area contributed by atoms with Gasteiger partial charge in [0.15, 0.2) is 5.96 Å². The molecule has 0 saturated carbocycles. The summed E-state index contributed by atoms with van der Waals surface area (Å²) in [4.78, 5) is 6.68. The van der Waals surface area contributed by atoms with Crippen LogP contribution >= 0.6 is 24.0 Å². The van der Waals surface area contributed by atoms with Gasteiger partial charge in [-0.3, -0.25) is 4.90 Å². The van der Waals surface area contributed by atoms with Crippen LogP contribution in [0.4, 0.5) is 13.2 Å². The monoisotopic (exact) mass is 530 g/mol. The zero-order valence-corrected chi connectivity index (χ0v) is 19.1. The van der Waals surface area contributed by atoms with Crippen LogP contribution in [0.15, 0.2) is 29.3 Å². The highest BCUT2D eigenvalue weighted by atomic mass is 127. The Morgan fingerprint density at radius 3 is 2.41 bits per heavy atom. The number of morpholine rings is 1. The van der Waals surface area contributed by atoms with Crippen LogP contribution in [-0.4, -0.2) is 56.1 Å². The van der Waals surface area contributed by atoms with E-state index >= 15 is 0 Å². The van der Waals surface area contributed by atoms with Crippen molar-refractivity contribution in [3.8, 4) is 5.75 Å². The summed E-state index contributed by atoms with van der Waals surface area (Å²) >= 11 is 0. The standard InChI is InChI=1S/C19H29F3N4O2.HI/c1-14(2)11-16(26-7-9-27-10-8-26)13-25-18(23)24-12-15-3-5-17(6-4-15)28-19(20,21)22;/h3-6,14,16H,7-13H2,1-2H3,(H3,23,24,25);1H. The number of benzene rings is 1. The lowest BCUT2D eigenvalue weighted by Crippen LogP contribution is -2.50. The van der Waals surface area contributed by atoms with E-state index in [9.17, 15) is 13.2 Å². The van der Waals surface area contributed by atoms with Crippen LogP contribution in [0.2, 0.25) is 0 Å². The predicted octanol–water partition coefficient (Wildman–Crippen LogP) is 3.35. The molecule has 6 nitrogen and oxygen atoms in total. The van der Waals surface area contributed by atoms with E-state index in [1.54, 1.807) is 0 Å². The maximum atomic E-state index is 12.2. The number of ether oxygens (including phenoxy) is 2. The van der Waals surface area contributed by atoms with Gasteiger partial charge in [-0.25, -0.2) is 4.99 Å². The lowest BCUT2D eigenvalue weighted by Gasteiger charge is -2.35. The average molecular weight is 530 g/mol. The van der Waals surface area contributed by atoms with Crippen molar-refractivity contribution in [3.05, 3.63) is 29.8 Å². The third-order valence-corrected chi connectivity index (χ3v) is 4.41. The minimum atomic E-state index is -4.69. The highest BCUT2D eigenvalue weighted by Crippen LogP contribution is 2.22. The van der Waals surface area contributed by atoms with Crippen molar-refractivity contribution in [2.75, 3.05) is 32.8 Å². The summed E-state index contributed by atoms with van der Waals surface area (Å²) in [6.07, 6.45) is -3.65. The molecule has 10 heteroatoms. The number of guanidine groups is 1. The van der Waals surface area contributed by atoms with Gasteiger partial charge in [-0.15, -0.1) is 37.1 Å². The van der Waals surface area contributed by atoms with E-state index in [2.05, 4.69) is 33.8 Å². The van der Waals surface area contributed by atoms with Gasteiger partial charge in [0.25, 0.3) is 0 Å². The van der Waals surface area contributed by atoms with Gasteiger partial charge in [-0.05, 0) is 30.0 Å². The topological polar surface area (TPSA) is 72.1 Å². The number of aliphatic imine (C=N–C) groups is 1. The van der Waals surface area contributed by atoms with Gasteiger partial charge in [-0.2, -0.15) is 0 Å². The Morgan fingerprint density at radius 2 is 1.86 bits per heavy atom. The smallest absolute Gasteiger partial charge is 0.406 e. The fraction of sp³-hybridized carbons (Fsp3) is 0.632. The summed E-state index contributed by atoms with van der Waals surface area (Å²) in [5, 5.41) is 3.17. The molecular weight excluding hydrogens is 500 g/mol. The third kappa shape index (κ3) is 10.4. The summed E-state index contributed by atoms with van der Waals surface area (Å²) in [6, 6.07) is 5.94. The van der Waals surface area contributed by atoms with Crippen molar-refractivity contribution in [1.82, 2.24) is 10.2 Å². The van der Waals surface area contributed by atoms with E-state index in [0.717, 1.165) is 38.3 Å². The van der Waals surface area contributed by atoms with Crippen molar-refractivity contribution in [2.45, 2.75) is 39.2 Å². The number of hydrogen-bond donors (Lipinski definition) is 2. The summed E-state index contributed by atoms with van der Waals surface area (Å²) in [6.45, 7) is 8.64. The van der Waals surface area contributed by atoms with Crippen LogP contribution in [0.5, 0.6) is 5.75 Å². The number of halogens is 4. The van der Waals surface area contributed by atoms with Gasteiger partial charge >= 0.3 is 6.36 Å². The van der Waals surface area contributed by atoms with Gasteiger partial charge in [0.2, 0.25) is 0 Å². The molecule has 1 aromatic rings. The zero-order chi connectivity index (χ0) is 20.6. The van der Waals surface area contributed by atoms with Crippen LogP contribution in [0.1, 0.15) is 25.8 Å². The van der Waals surface area contributed by atoms with Gasteiger partial charge in [0.1, 0.15) is 5.75 Å². The number of nitrogens with two attached hydrogens (primary N) is 1. The summed E-state index contributed by atoms with van der Waals surface area (Å²) in [7, 11) is 0. The van der Waals surface area contributed by atoms with Gasteiger partial charge in [0.05, 0.1) is 19.8 Å². The summed E-state index contributed by atoms with van der Waals surface area (Å²) in [5.41, 5.74) is 6.71. The Labute approximate surface area is 187 Å². The fourth-order valence-electron chi connectivity index (χ4n) is 3.10. The highest BCUT2D eigenvalue weighted by Gasteiger charge is 2.30. The van der Waals surface area contributed by atoms with E-state index < -0.39 is 6.36 Å². The van der Waals surface area contributed by atoms with E-state index in [1.807, 2.05) is 0 Å². The first-order valence-corrected chi connectivity index (χ1v) is 9.43. The van der Waals surface area contributed by atoms with Crippen molar-refractivity contribution in [2.24, 2.45) is 16.6 Å². The molecule has 0 aliphatic carbocycles. The van der Waals surface area contributed by atoms with Gasteiger partial charge in [-0.1, -0.05) is 26.0 Å². The van der Waals surface area contributed by atoms with E-state index in [4.69, 9.17) is 10.5 Å². The Morgan fingerprint density at radius 1 is 1.24 bits per heavy atom. The molecule has 1 heterocycles. The molecule has 1 aliphatic rings. The number of alkyl halides is 3. The molecule has 0 radical (unpaired) electrons. The lowest BCUT2D eigenvalue weighted by atomic mass is 10.0. The Hall–Kier alpha value is -1.27. The van der Waals surface area contributed by atoms with Crippen molar-refractivity contribution in [3.63, 3.8) is 0 Å². The van der Waals surface area contributed by atoms with E-state index in [1.165, 1.54) is 24.3 Å². The second-order valence-electron chi connectivity index (χ2n) is 7.21. The van der Waals surface area contributed by atoms with E-state index in [-0.39, 0.29) is 36.3 Å². The van der Waals surface area contributed by atoms with Crippen molar-refractivity contribution >= 4 is 29.9 Å². The van der Waals surface area contributed by atoms with Crippen LogP contribution in [-0.2, 0) is 11.3 Å². The van der Waals surface area contributed by atoms with Crippen LogP contribution in [0, 0.1) is 5.92 Å². The van der Waals surface area contributed by atoms with Gasteiger partial charge in [0, 0.05) is 25.7 Å². The Bertz CT molecular complexity index is 621. The number of nitrogens with zero attached hydrogens (tertiary/aromatic N) is 2. The van der Waals surface area contributed by atoms with Crippen LogP contribution in [0.25, 0.3) is 0 Å². The molecule has 1 unspecified atom stereocenters.